The molecule has 1 amide bonds. The van der Waals surface area contributed by atoms with Crippen molar-refractivity contribution in [1.29, 1.82) is 0 Å². The molecule has 0 radical (unpaired) electrons. The third-order valence-electron chi connectivity index (χ3n) is 5.00. The van der Waals surface area contributed by atoms with E-state index in [9.17, 15) is 4.79 Å². The van der Waals surface area contributed by atoms with Gasteiger partial charge in [0.2, 0.25) is 5.91 Å². The van der Waals surface area contributed by atoms with E-state index in [-0.39, 0.29) is 11.8 Å². The van der Waals surface area contributed by atoms with E-state index in [1.165, 1.54) is 11.1 Å². The lowest BCUT2D eigenvalue weighted by Crippen LogP contribution is -2.41. The first-order valence-electron chi connectivity index (χ1n) is 10.2. The normalized spacial score (nSPS) is 16.0. The van der Waals surface area contributed by atoms with Crippen LogP contribution in [-0.4, -0.2) is 38.6 Å². The first-order chi connectivity index (χ1) is 14.2. The number of hydrogen-bond donors (Lipinski definition) is 3. The lowest BCUT2D eigenvalue weighted by atomic mass is 9.90. The van der Waals surface area contributed by atoms with Gasteiger partial charge in [-0.2, -0.15) is 0 Å². The van der Waals surface area contributed by atoms with Gasteiger partial charge >= 0.3 is 0 Å². The van der Waals surface area contributed by atoms with Gasteiger partial charge in [-0.05, 0) is 43.5 Å². The average molecular weight is 395 g/mol. The molecule has 0 aliphatic carbocycles. The van der Waals surface area contributed by atoms with Gasteiger partial charge < -0.3 is 20.7 Å². The van der Waals surface area contributed by atoms with E-state index < -0.39 is 0 Å². The highest BCUT2D eigenvalue weighted by Crippen LogP contribution is 2.31. The van der Waals surface area contributed by atoms with Gasteiger partial charge in [-0.3, -0.25) is 9.79 Å². The summed E-state index contributed by atoms with van der Waals surface area (Å²) in [5.74, 6) is 1.87. The maximum Gasteiger partial charge on any atom is 0.225 e. The molecule has 2 aromatic carbocycles. The maximum atomic E-state index is 11.9. The molecule has 3 N–H and O–H groups in total. The van der Waals surface area contributed by atoms with Crippen LogP contribution in [0.15, 0.2) is 53.5 Å². The van der Waals surface area contributed by atoms with Crippen LogP contribution in [0.25, 0.3) is 0 Å². The van der Waals surface area contributed by atoms with Crippen molar-refractivity contribution >= 4 is 17.6 Å². The second-order valence-electron chi connectivity index (χ2n) is 7.28. The Morgan fingerprint density at radius 3 is 2.72 bits per heavy atom. The summed E-state index contributed by atoms with van der Waals surface area (Å²) in [5, 5.41) is 9.62. The minimum atomic E-state index is 0.0621. The Morgan fingerprint density at radius 2 is 1.93 bits per heavy atom. The minimum Gasteiger partial charge on any atom is -0.494 e. The third kappa shape index (κ3) is 6.24. The third-order valence-corrected chi connectivity index (χ3v) is 5.00. The molecule has 0 spiro atoms. The molecule has 1 aliphatic heterocycles. The van der Waals surface area contributed by atoms with Gasteiger partial charge in [-0.15, -0.1) is 0 Å². The number of fused-ring (bicyclic) bond motifs is 1. The average Bonchev–Trinajstić information content (AvgIpc) is 2.73. The molecule has 1 heterocycles. The summed E-state index contributed by atoms with van der Waals surface area (Å²) < 4.78 is 5.75. The molecule has 1 aliphatic rings. The zero-order valence-corrected chi connectivity index (χ0v) is 17.2. The summed E-state index contributed by atoms with van der Waals surface area (Å²) in [6.45, 7) is 4.25. The second-order valence-corrected chi connectivity index (χ2v) is 7.28. The van der Waals surface area contributed by atoms with E-state index in [2.05, 4.69) is 46.1 Å². The largest absolute Gasteiger partial charge is 0.494 e. The molecule has 1 unspecified atom stereocenters. The monoisotopic (exact) mass is 394 g/mol. The molecule has 0 saturated heterocycles. The number of guanidine groups is 1. The van der Waals surface area contributed by atoms with Crippen LogP contribution in [0.1, 0.15) is 36.3 Å². The highest BCUT2D eigenvalue weighted by atomic mass is 16.5. The predicted octanol–water partition coefficient (Wildman–Crippen LogP) is 3.45. The fraction of sp³-hybridized carbons (Fsp3) is 0.391. The summed E-state index contributed by atoms with van der Waals surface area (Å²) >= 11 is 0. The van der Waals surface area contributed by atoms with Gasteiger partial charge in [0.05, 0.1) is 6.61 Å². The van der Waals surface area contributed by atoms with Crippen molar-refractivity contribution in [2.24, 2.45) is 4.99 Å². The van der Waals surface area contributed by atoms with Crippen molar-refractivity contribution in [1.82, 2.24) is 10.6 Å². The highest BCUT2D eigenvalue weighted by molar-refractivity contribution is 5.94. The number of aryl methyl sites for hydroxylation is 1. The van der Waals surface area contributed by atoms with Crippen molar-refractivity contribution in [2.75, 3.05) is 32.1 Å². The Hall–Kier alpha value is -3.02. The van der Waals surface area contributed by atoms with E-state index in [1.54, 1.807) is 7.05 Å². The number of nitrogens with zero attached hydrogens (tertiary/aromatic N) is 1. The van der Waals surface area contributed by atoms with Crippen LogP contribution in [0.2, 0.25) is 0 Å². The van der Waals surface area contributed by atoms with Crippen LogP contribution in [0.3, 0.4) is 0 Å². The fourth-order valence-electron chi connectivity index (χ4n) is 3.38. The molecular formula is C23H30N4O2. The number of anilines is 1. The van der Waals surface area contributed by atoms with Crippen LogP contribution in [0, 0.1) is 6.92 Å². The highest BCUT2D eigenvalue weighted by Gasteiger charge is 2.24. The number of unbranched alkanes of at least 4 members (excludes halogenated alkanes) is 1. The number of para-hydroxylation sites is 1. The van der Waals surface area contributed by atoms with Crippen LogP contribution in [-0.2, 0) is 4.79 Å². The summed E-state index contributed by atoms with van der Waals surface area (Å²) in [4.78, 5) is 16.2. The molecule has 0 bridgehead atoms. The number of aliphatic imine (C=N–C) groups is 1. The Kier molecular flexibility index (Phi) is 7.50. The van der Waals surface area contributed by atoms with Gasteiger partial charge in [0.1, 0.15) is 5.75 Å². The molecule has 29 heavy (non-hydrogen) atoms. The summed E-state index contributed by atoms with van der Waals surface area (Å²) in [6, 6.07) is 16.1. The first kappa shape index (κ1) is 20.7. The molecule has 0 fully saturated rings. The van der Waals surface area contributed by atoms with E-state index in [0.717, 1.165) is 36.8 Å². The predicted molar refractivity (Wildman–Crippen MR) is 118 cm³/mol. The smallest absolute Gasteiger partial charge is 0.225 e. The van der Waals surface area contributed by atoms with Crippen LogP contribution < -0.4 is 20.7 Å². The summed E-state index contributed by atoms with van der Waals surface area (Å²) in [7, 11) is 1.76. The van der Waals surface area contributed by atoms with Crippen molar-refractivity contribution < 1.29 is 9.53 Å². The molecule has 0 saturated carbocycles. The number of nitrogens with one attached hydrogen (secondary N) is 3. The number of hydrogen-bond acceptors (Lipinski definition) is 3. The quantitative estimate of drug-likeness (QED) is 0.364. The number of carbonyl (C=O) groups excluding carboxylic acids is 1. The Morgan fingerprint density at radius 1 is 1.14 bits per heavy atom. The van der Waals surface area contributed by atoms with E-state index in [0.29, 0.717) is 19.6 Å². The first-order valence-corrected chi connectivity index (χ1v) is 10.2. The van der Waals surface area contributed by atoms with Crippen LogP contribution in [0.4, 0.5) is 5.69 Å². The van der Waals surface area contributed by atoms with Crippen LogP contribution in [0.5, 0.6) is 5.75 Å². The lowest BCUT2D eigenvalue weighted by Gasteiger charge is -2.26. The van der Waals surface area contributed by atoms with Crippen LogP contribution >= 0.6 is 0 Å². The number of carbonyl (C=O) groups is 1. The Bertz CT molecular complexity index is 833. The number of amides is 1. The van der Waals surface area contributed by atoms with Gasteiger partial charge in [0.15, 0.2) is 5.96 Å². The molecule has 6 heteroatoms. The minimum absolute atomic E-state index is 0.0621. The van der Waals surface area contributed by atoms with Gasteiger partial charge in [-0.25, -0.2) is 0 Å². The maximum absolute atomic E-state index is 11.9. The Labute approximate surface area is 172 Å². The van der Waals surface area contributed by atoms with E-state index in [4.69, 9.17) is 4.74 Å². The standard InChI is InChI=1S/C23H30N4O2/c1-17-9-11-19(12-10-17)29-14-6-5-13-25-23(24-2)26-16-18-15-22(28)27-21-8-4-3-7-20(18)21/h3-4,7-12,18H,5-6,13-16H2,1-2H3,(H,27,28)(H2,24,25,26). The summed E-state index contributed by atoms with van der Waals surface area (Å²) in [6.07, 6.45) is 2.44. The SMILES string of the molecule is CN=C(NCCCCOc1ccc(C)cc1)NCC1CC(=O)Nc2ccccc21. The van der Waals surface area contributed by atoms with Crippen molar-refractivity contribution in [2.45, 2.75) is 32.1 Å². The van der Waals surface area contributed by atoms with Crippen molar-refractivity contribution in [3.05, 3.63) is 59.7 Å². The van der Waals surface area contributed by atoms with Gasteiger partial charge in [0.25, 0.3) is 0 Å². The molecule has 6 nitrogen and oxygen atoms in total. The second kappa shape index (κ2) is 10.5. The zero-order valence-electron chi connectivity index (χ0n) is 17.2. The molecule has 0 aromatic heterocycles. The zero-order chi connectivity index (χ0) is 20.5. The summed E-state index contributed by atoms with van der Waals surface area (Å²) in [5.41, 5.74) is 3.31. The van der Waals surface area contributed by atoms with Gasteiger partial charge in [-0.1, -0.05) is 35.9 Å². The molecule has 3 rings (SSSR count). The van der Waals surface area contributed by atoms with E-state index >= 15 is 0 Å². The number of ether oxygens (including phenoxy) is 1. The van der Waals surface area contributed by atoms with Crippen molar-refractivity contribution in [3.63, 3.8) is 0 Å². The fourth-order valence-corrected chi connectivity index (χ4v) is 3.38. The molecule has 1 atom stereocenters. The Balaban J connectivity index is 1.36. The topological polar surface area (TPSA) is 74.8 Å². The number of rotatable bonds is 8. The van der Waals surface area contributed by atoms with Crippen molar-refractivity contribution in [3.8, 4) is 5.75 Å². The number of benzene rings is 2. The molecule has 2 aromatic rings. The lowest BCUT2D eigenvalue weighted by molar-refractivity contribution is -0.116. The molecule has 154 valence electrons. The van der Waals surface area contributed by atoms with Gasteiger partial charge in [0, 0.05) is 38.2 Å². The van der Waals surface area contributed by atoms with E-state index in [1.807, 2.05) is 30.3 Å². The molecular weight excluding hydrogens is 364 g/mol.